The summed E-state index contributed by atoms with van der Waals surface area (Å²) in [5.74, 6) is 1.27. The molecule has 0 saturated heterocycles. The molecule has 8 heteroatoms. The van der Waals surface area contributed by atoms with Crippen molar-refractivity contribution < 1.29 is 9.18 Å². The maximum Gasteiger partial charge on any atom is 0.240 e. The van der Waals surface area contributed by atoms with Gasteiger partial charge < -0.3 is 21.3 Å². The normalized spacial score (nSPS) is 15.3. The van der Waals surface area contributed by atoms with E-state index >= 15 is 0 Å². The molecule has 0 radical (unpaired) electrons. The molecule has 4 N–H and O–H groups in total. The summed E-state index contributed by atoms with van der Waals surface area (Å²) in [5, 5.41) is 9.33. The number of carbonyl (C=O) groups excluding carboxylic acids is 1. The monoisotopic (exact) mass is 654 g/mol. The van der Waals surface area contributed by atoms with Crippen molar-refractivity contribution in [3.05, 3.63) is 87.8 Å². The van der Waals surface area contributed by atoms with Gasteiger partial charge in [0.25, 0.3) is 0 Å². The van der Waals surface area contributed by atoms with Gasteiger partial charge in [-0.3, -0.25) is 4.79 Å². The quantitative estimate of drug-likeness (QED) is 0.103. The van der Waals surface area contributed by atoms with Gasteiger partial charge in [0.2, 0.25) is 5.91 Å². The number of likely N-dealkylation sites (N-methyl/N-ethyl adjacent to an activating group) is 1. The van der Waals surface area contributed by atoms with Gasteiger partial charge >= 0.3 is 0 Å². The highest BCUT2D eigenvalue weighted by Gasteiger charge is 2.37. The molecular weight excluding hydrogens is 589 g/mol. The zero-order valence-electron chi connectivity index (χ0n) is 30.3. The summed E-state index contributed by atoms with van der Waals surface area (Å²) in [5.41, 5.74) is 11.0. The maximum absolute atomic E-state index is 13.4. The standard InChI is InChI=1S/C16H28N4O2.C12H18FN.C11H18/c1-3-9-17-15(13-7-8-13)16(21)20(2)10-14(18-11-19-22)12-5-4-6-12;1-2-5-11-10(7-4-9-14)6-3-8-12(11)13;1-5-10(3)8-7-9-11(4)6-2/h13,15,17-18H,3-11H2,1-2H3;3,6,8H,2,4-5,7,9,14H2,1H3;5,7-9,11H,1,6H2,2-4H3/b;;9-7-,10-8-. The highest BCUT2D eigenvalue weighted by atomic mass is 19.1. The summed E-state index contributed by atoms with van der Waals surface area (Å²) in [6.45, 7) is 16.5. The maximum atomic E-state index is 13.4. The Kier molecular flexibility index (Phi) is 22.3. The Hall–Kier alpha value is -3.10. The van der Waals surface area contributed by atoms with Crippen LogP contribution >= 0.6 is 0 Å². The number of amides is 1. The van der Waals surface area contributed by atoms with Gasteiger partial charge in [0.15, 0.2) is 0 Å². The number of nitrogens with zero attached hydrogens (tertiary/aromatic N) is 2. The molecule has 2 aliphatic carbocycles. The molecule has 47 heavy (non-hydrogen) atoms. The minimum Gasteiger partial charge on any atom is -0.365 e. The molecule has 0 aliphatic heterocycles. The Labute approximate surface area is 285 Å². The zero-order chi connectivity index (χ0) is 35.0. The summed E-state index contributed by atoms with van der Waals surface area (Å²) in [7, 11) is 1.85. The van der Waals surface area contributed by atoms with E-state index in [1.54, 1.807) is 11.0 Å². The van der Waals surface area contributed by atoms with Crippen LogP contribution in [-0.2, 0) is 17.6 Å². The van der Waals surface area contributed by atoms with E-state index in [0.29, 0.717) is 24.9 Å². The van der Waals surface area contributed by atoms with E-state index in [1.165, 1.54) is 30.1 Å². The SMILES string of the molecule is C=C/C(C)=C\C=C/C(C)CC.CCCNC(C(=O)N(C)CC(NCN=O)=C1CCC1)C1CC1.CCCc1c(F)cccc1CCCN. The van der Waals surface area contributed by atoms with Crippen LogP contribution in [0.1, 0.15) is 104 Å². The fourth-order valence-corrected chi connectivity index (χ4v) is 5.07. The van der Waals surface area contributed by atoms with Crippen molar-refractivity contribution in [2.75, 3.05) is 33.4 Å². The molecule has 2 aliphatic rings. The van der Waals surface area contributed by atoms with Crippen molar-refractivity contribution in [1.29, 1.82) is 0 Å². The third-order valence-corrected chi connectivity index (χ3v) is 8.62. The minimum absolute atomic E-state index is 0.0539. The number of allylic oxidation sites excluding steroid dienone is 6. The Balaban J connectivity index is 0.000000381. The average Bonchev–Trinajstić information content (AvgIpc) is 3.89. The Morgan fingerprint density at radius 3 is 2.45 bits per heavy atom. The van der Waals surface area contributed by atoms with E-state index in [2.05, 4.69) is 68.3 Å². The van der Waals surface area contributed by atoms with E-state index in [1.807, 2.05) is 26.1 Å². The molecule has 0 aromatic heterocycles. The van der Waals surface area contributed by atoms with Crippen LogP contribution in [0.3, 0.4) is 0 Å². The number of halogens is 1. The lowest BCUT2D eigenvalue weighted by Crippen LogP contribution is -2.48. The second-order valence-corrected chi connectivity index (χ2v) is 12.8. The van der Waals surface area contributed by atoms with Crippen LogP contribution < -0.4 is 16.4 Å². The first-order valence-corrected chi connectivity index (χ1v) is 17.8. The lowest BCUT2D eigenvalue weighted by Gasteiger charge is -2.29. The minimum atomic E-state index is -0.0682. The molecule has 2 saturated carbocycles. The molecule has 0 spiro atoms. The van der Waals surface area contributed by atoms with Gasteiger partial charge in [-0.05, 0) is 118 Å². The zero-order valence-corrected chi connectivity index (χ0v) is 30.3. The summed E-state index contributed by atoms with van der Waals surface area (Å²) >= 11 is 0. The van der Waals surface area contributed by atoms with E-state index in [0.717, 1.165) is 81.2 Å². The van der Waals surface area contributed by atoms with Crippen molar-refractivity contribution >= 4 is 5.91 Å². The molecule has 7 nitrogen and oxygen atoms in total. The van der Waals surface area contributed by atoms with Crippen LogP contribution in [0, 0.1) is 22.6 Å². The second kappa shape index (κ2) is 25.0. The number of aryl methyl sites for hydroxylation is 1. The van der Waals surface area contributed by atoms with E-state index in [9.17, 15) is 14.1 Å². The lowest BCUT2D eigenvalue weighted by molar-refractivity contribution is -0.132. The third-order valence-electron chi connectivity index (χ3n) is 8.62. The molecular formula is C39H64FN5O2. The van der Waals surface area contributed by atoms with E-state index in [4.69, 9.17) is 5.73 Å². The predicted octanol–water partition coefficient (Wildman–Crippen LogP) is 8.37. The van der Waals surface area contributed by atoms with Crippen LogP contribution in [0.5, 0.6) is 0 Å². The Bertz CT molecular complexity index is 1150. The van der Waals surface area contributed by atoms with Gasteiger partial charge in [-0.15, -0.1) is 4.91 Å². The number of hydrogen-bond acceptors (Lipinski definition) is 6. The van der Waals surface area contributed by atoms with Gasteiger partial charge in [0, 0.05) is 12.7 Å². The van der Waals surface area contributed by atoms with Gasteiger partial charge in [0.1, 0.15) is 12.5 Å². The Morgan fingerprint density at radius 2 is 1.91 bits per heavy atom. The number of nitroso groups, excluding NO2 is 1. The third kappa shape index (κ3) is 17.0. The number of benzene rings is 1. The van der Waals surface area contributed by atoms with Crippen LogP contribution in [-0.4, -0.2) is 50.2 Å². The molecule has 1 aromatic carbocycles. The molecule has 0 bridgehead atoms. The molecule has 1 amide bonds. The molecule has 3 rings (SSSR count). The lowest BCUT2D eigenvalue weighted by atomic mass is 9.90. The van der Waals surface area contributed by atoms with Crippen molar-refractivity contribution in [2.45, 2.75) is 111 Å². The highest BCUT2D eigenvalue weighted by Crippen LogP contribution is 2.34. The molecule has 2 fully saturated rings. The van der Waals surface area contributed by atoms with Gasteiger partial charge in [-0.25, -0.2) is 4.39 Å². The van der Waals surface area contributed by atoms with Crippen molar-refractivity contribution in [1.82, 2.24) is 15.5 Å². The fourth-order valence-electron chi connectivity index (χ4n) is 5.07. The Morgan fingerprint density at radius 1 is 1.19 bits per heavy atom. The second-order valence-electron chi connectivity index (χ2n) is 12.8. The number of carbonyl (C=O) groups is 1. The van der Waals surface area contributed by atoms with Crippen LogP contribution in [0.4, 0.5) is 4.39 Å². The van der Waals surface area contributed by atoms with Crippen LogP contribution in [0.2, 0.25) is 0 Å². The van der Waals surface area contributed by atoms with E-state index < -0.39 is 0 Å². The van der Waals surface area contributed by atoms with Gasteiger partial charge in [-0.1, -0.05) is 89.1 Å². The topological polar surface area (TPSA) is 99.8 Å². The first-order chi connectivity index (χ1) is 22.7. The van der Waals surface area contributed by atoms with Crippen LogP contribution in [0.15, 0.2) is 71.1 Å². The molecule has 2 atom stereocenters. The number of nitrogens with one attached hydrogen (secondary N) is 2. The summed E-state index contributed by atoms with van der Waals surface area (Å²) in [4.78, 5) is 24.8. The first kappa shape index (κ1) is 41.9. The summed E-state index contributed by atoms with van der Waals surface area (Å²) < 4.78 is 13.4. The predicted molar refractivity (Wildman–Crippen MR) is 197 cm³/mol. The van der Waals surface area contributed by atoms with Crippen LogP contribution in [0.25, 0.3) is 0 Å². The van der Waals surface area contributed by atoms with Gasteiger partial charge in [-0.2, -0.15) is 0 Å². The van der Waals surface area contributed by atoms with Gasteiger partial charge in [0.05, 0.1) is 12.6 Å². The molecule has 2 unspecified atom stereocenters. The summed E-state index contributed by atoms with van der Waals surface area (Å²) in [6.07, 6.45) is 19.7. The molecule has 1 aromatic rings. The summed E-state index contributed by atoms with van der Waals surface area (Å²) in [6, 6.07) is 5.27. The first-order valence-electron chi connectivity index (χ1n) is 17.8. The fraction of sp³-hybridized carbons (Fsp3) is 0.615. The van der Waals surface area contributed by atoms with Crippen molar-refractivity contribution in [2.24, 2.45) is 22.7 Å². The largest absolute Gasteiger partial charge is 0.365 e. The molecule has 0 heterocycles. The van der Waals surface area contributed by atoms with Crippen molar-refractivity contribution in [3.8, 4) is 0 Å². The number of hydrogen-bond donors (Lipinski definition) is 3. The smallest absolute Gasteiger partial charge is 0.240 e. The molecule has 264 valence electrons. The van der Waals surface area contributed by atoms with Crippen molar-refractivity contribution in [3.63, 3.8) is 0 Å². The number of nitrogens with two attached hydrogens (primary N) is 1. The van der Waals surface area contributed by atoms with E-state index in [-0.39, 0.29) is 24.4 Å². The average molecular weight is 654 g/mol. The number of rotatable bonds is 19. The highest BCUT2D eigenvalue weighted by molar-refractivity contribution is 5.82.